The molecule has 0 atom stereocenters. The predicted octanol–water partition coefficient (Wildman–Crippen LogP) is 3.32. The highest BCUT2D eigenvalue weighted by atomic mass is 32.2. The summed E-state index contributed by atoms with van der Waals surface area (Å²) in [5.41, 5.74) is 0.545. The molecule has 0 heterocycles. The van der Waals surface area contributed by atoms with Gasteiger partial charge in [0.25, 0.3) is 5.69 Å². The van der Waals surface area contributed by atoms with Crippen LogP contribution in [0.25, 0.3) is 0 Å². The summed E-state index contributed by atoms with van der Waals surface area (Å²) in [7, 11) is 0. The molecule has 0 saturated carbocycles. The van der Waals surface area contributed by atoms with E-state index in [-0.39, 0.29) is 17.9 Å². The zero-order valence-corrected chi connectivity index (χ0v) is 12.6. The third kappa shape index (κ3) is 3.86. The Bertz CT molecular complexity index is 505. The lowest BCUT2D eigenvalue weighted by Crippen LogP contribution is -2.09. The molecule has 0 amide bonds. The zero-order valence-electron chi connectivity index (χ0n) is 11.8. The van der Waals surface area contributed by atoms with Gasteiger partial charge in [-0.15, -0.1) is 11.8 Å². The number of benzene rings is 1. The fraction of sp³-hybridized carbons (Fsp3) is 0.462. The number of rotatable bonds is 7. The van der Waals surface area contributed by atoms with E-state index in [1.807, 2.05) is 13.8 Å². The Labute approximate surface area is 122 Å². The molecule has 1 N–H and O–H groups in total. The van der Waals surface area contributed by atoms with Crippen molar-refractivity contribution in [1.82, 2.24) is 0 Å². The van der Waals surface area contributed by atoms with Gasteiger partial charge in [0, 0.05) is 17.5 Å². The molecule has 0 fully saturated rings. The Hall–Kier alpha value is -1.76. The van der Waals surface area contributed by atoms with Crippen molar-refractivity contribution in [3.63, 3.8) is 0 Å². The molecule has 0 radical (unpaired) electrons. The third-order valence-corrected chi connectivity index (χ3v) is 3.39. The van der Waals surface area contributed by atoms with Crippen LogP contribution in [-0.4, -0.2) is 29.8 Å². The SMILES string of the molecule is CCNc1cc(SCC)c(C(=O)OCC)cc1[N+](=O)[O-]. The fourth-order valence-corrected chi connectivity index (χ4v) is 2.50. The van der Waals surface area contributed by atoms with E-state index < -0.39 is 10.9 Å². The van der Waals surface area contributed by atoms with Crippen LogP contribution in [0.15, 0.2) is 17.0 Å². The highest BCUT2D eigenvalue weighted by molar-refractivity contribution is 7.99. The molecule has 1 rings (SSSR count). The second-order valence-electron chi connectivity index (χ2n) is 3.81. The van der Waals surface area contributed by atoms with Crippen molar-refractivity contribution in [1.29, 1.82) is 0 Å². The molecule has 7 heteroatoms. The van der Waals surface area contributed by atoms with Gasteiger partial charge >= 0.3 is 5.97 Å². The lowest BCUT2D eigenvalue weighted by atomic mass is 10.1. The van der Waals surface area contributed by atoms with Crippen LogP contribution in [-0.2, 0) is 4.74 Å². The number of thioether (sulfide) groups is 1. The van der Waals surface area contributed by atoms with Gasteiger partial charge in [0.2, 0.25) is 0 Å². The Morgan fingerprint density at radius 3 is 2.60 bits per heavy atom. The first-order valence-corrected chi connectivity index (χ1v) is 7.39. The van der Waals surface area contributed by atoms with Gasteiger partial charge in [-0.25, -0.2) is 4.79 Å². The van der Waals surface area contributed by atoms with Crippen LogP contribution in [0.1, 0.15) is 31.1 Å². The summed E-state index contributed by atoms with van der Waals surface area (Å²) in [5.74, 6) is 0.227. The second-order valence-corrected chi connectivity index (χ2v) is 5.11. The molecule has 0 aliphatic rings. The third-order valence-electron chi connectivity index (χ3n) is 2.46. The Kier molecular flexibility index (Phi) is 6.30. The van der Waals surface area contributed by atoms with Gasteiger partial charge in [0.15, 0.2) is 0 Å². The first-order valence-electron chi connectivity index (χ1n) is 6.41. The molecule has 6 nitrogen and oxygen atoms in total. The number of esters is 1. The lowest BCUT2D eigenvalue weighted by molar-refractivity contribution is -0.384. The first kappa shape index (κ1) is 16.3. The number of hydrogen-bond donors (Lipinski definition) is 1. The summed E-state index contributed by atoms with van der Waals surface area (Å²) in [4.78, 5) is 23.2. The number of carbonyl (C=O) groups is 1. The normalized spacial score (nSPS) is 10.2. The minimum Gasteiger partial charge on any atom is -0.462 e. The van der Waals surface area contributed by atoms with E-state index in [9.17, 15) is 14.9 Å². The molecule has 1 aromatic rings. The summed E-state index contributed by atoms with van der Waals surface area (Å²) in [6.45, 7) is 6.31. The van der Waals surface area contributed by atoms with Crippen molar-refractivity contribution in [3.05, 3.63) is 27.8 Å². The molecular formula is C13H18N2O4S. The minimum absolute atomic E-state index is 0.115. The Morgan fingerprint density at radius 1 is 1.40 bits per heavy atom. The van der Waals surface area contributed by atoms with Gasteiger partial charge in [-0.05, 0) is 25.7 Å². The van der Waals surface area contributed by atoms with Gasteiger partial charge in [-0.3, -0.25) is 10.1 Å². The Balaban J connectivity index is 3.36. The van der Waals surface area contributed by atoms with E-state index in [1.54, 1.807) is 13.0 Å². The fourth-order valence-electron chi connectivity index (χ4n) is 1.69. The number of anilines is 1. The van der Waals surface area contributed by atoms with E-state index in [2.05, 4.69) is 5.32 Å². The summed E-state index contributed by atoms with van der Waals surface area (Å²) in [5, 5.41) is 14.1. The highest BCUT2D eigenvalue weighted by Gasteiger charge is 2.22. The van der Waals surface area contributed by atoms with E-state index in [4.69, 9.17) is 4.74 Å². The van der Waals surface area contributed by atoms with Crippen LogP contribution in [0.2, 0.25) is 0 Å². The number of nitrogens with one attached hydrogen (secondary N) is 1. The molecule has 20 heavy (non-hydrogen) atoms. The minimum atomic E-state index is -0.533. The van der Waals surface area contributed by atoms with Crippen molar-refractivity contribution in [2.45, 2.75) is 25.7 Å². The molecule has 0 unspecified atom stereocenters. The van der Waals surface area contributed by atoms with Gasteiger partial charge in [0.05, 0.1) is 17.1 Å². The highest BCUT2D eigenvalue weighted by Crippen LogP contribution is 2.34. The summed E-state index contributed by atoms with van der Waals surface area (Å²) in [6.07, 6.45) is 0. The zero-order chi connectivity index (χ0) is 15.1. The molecule has 0 spiro atoms. The number of ether oxygens (including phenoxy) is 1. The molecule has 110 valence electrons. The number of hydrogen-bond acceptors (Lipinski definition) is 6. The average molecular weight is 298 g/mol. The van der Waals surface area contributed by atoms with Crippen molar-refractivity contribution < 1.29 is 14.5 Å². The van der Waals surface area contributed by atoms with Gasteiger partial charge in [-0.1, -0.05) is 6.92 Å². The largest absolute Gasteiger partial charge is 0.462 e. The van der Waals surface area contributed by atoms with Crippen LogP contribution in [0.4, 0.5) is 11.4 Å². The van der Waals surface area contributed by atoms with Crippen LogP contribution in [0, 0.1) is 10.1 Å². The second kappa shape index (κ2) is 7.74. The van der Waals surface area contributed by atoms with E-state index in [0.29, 0.717) is 17.1 Å². The van der Waals surface area contributed by atoms with Crippen molar-refractivity contribution in [2.24, 2.45) is 0 Å². The van der Waals surface area contributed by atoms with Crippen LogP contribution in [0.3, 0.4) is 0 Å². The van der Waals surface area contributed by atoms with Crippen molar-refractivity contribution in [3.8, 4) is 0 Å². The molecule has 1 aromatic carbocycles. The van der Waals surface area contributed by atoms with E-state index in [0.717, 1.165) is 5.75 Å². The predicted molar refractivity (Wildman–Crippen MR) is 79.6 cm³/mol. The number of nitro benzene ring substituents is 1. The summed E-state index contributed by atoms with van der Waals surface area (Å²) >= 11 is 1.45. The number of carbonyl (C=O) groups excluding carboxylic acids is 1. The lowest BCUT2D eigenvalue weighted by Gasteiger charge is -2.11. The van der Waals surface area contributed by atoms with E-state index in [1.165, 1.54) is 17.8 Å². The van der Waals surface area contributed by atoms with Crippen molar-refractivity contribution in [2.75, 3.05) is 24.2 Å². The maximum Gasteiger partial charge on any atom is 0.339 e. The summed E-state index contributed by atoms with van der Waals surface area (Å²) < 4.78 is 4.95. The van der Waals surface area contributed by atoms with Crippen LogP contribution in [0.5, 0.6) is 0 Å². The molecule has 0 aliphatic heterocycles. The topological polar surface area (TPSA) is 81.5 Å². The maximum absolute atomic E-state index is 11.9. The average Bonchev–Trinajstić information content (AvgIpc) is 2.39. The van der Waals surface area contributed by atoms with Crippen LogP contribution < -0.4 is 5.32 Å². The number of nitro groups is 1. The molecule has 0 saturated heterocycles. The molecular weight excluding hydrogens is 280 g/mol. The molecule has 0 aliphatic carbocycles. The van der Waals surface area contributed by atoms with E-state index >= 15 is 0 Å². The van der Waals surface area contributed by atoms with Crippen LogP contribution >= 0.6 is 11.8 Å². The number of nitrogens with zero attached hydrogens (tertiary/aromatic N) is 1. The van der Waals surface area contributed by atoms with Crippen molar-refractivity contribution >= 4 is 29.1 Å². The quantitative estimate of drug-likeness (QED) is 0.360. The maximum atomic E-state index is 11.9. The smallest absolute Gasteiger partial charge is 0.339 e. The molecule has 0 aromatic heterocycles. The summed E-state index contributed by atoms with van der Waals surface area (Å²) in [6, 6.07) is 2.93. The monoisotopic (exact) mass is 298 g/mol. The standard InChI is InChI=1S/C13H18N2O4S/c1-4-14-10-8-12(20-6-3)9(13(16)19-5-2)7-11(10)15(17)18/h7-8,14H,4-6H2,1-3H3. The first-order chi connectivity index (χ1) is 9.54. The van der Waals surface area contributed by atoms with Gasteiger partial charge < -0.3 is 10.1 Å². The Morgan fingerprint density at radius 2 is 2.10 bits per heavy atom. The van der Waals surface area contributed by atoms with Gasteiger partial charge in [-0.2, -0.15) is 0 Å². The van der Waals surface area contributed by atoms with Gasteiger partial charge in [0.1, 0.15) is 5.69 Å². The molecule has 0 bridgehead atoms.